The molecule has 3 aromatic carbocycles. The molecule has 4 rings (SSSR count). The van der Waals surface area contributed by atoms with Crippen LogP contribution in [0.5, 0.6) is 5.75 Å². The van der Waals surface area contributed by atoms with E-state index in [1.807, 2.05) is 54.6 Å². The van der Waals surface area contributed by atoms with Gasteiger partial charge in [-0.2, -0.15) is 10.5 Å². The largest absolute Gasteiger partial charge is 0.497 e. The number of methoxy groups -OCH3 is 1. The zero-order valence-corrected chi connectivity index (χ0v) is 14.6. The molecule has 1 fully saturated rings. The highest BCUT2D eigenvalue weighted by molar-refractivity contribution is 5.86. The van der Waals surface area contributed by atoms with Gasteiger partial charge in [0.2, 0.25) is 0 Å². The van der Waals surface area contributed by atoms with E-state index in [4.69, 9.17) is 14.2 Å². The second-order valence-electron chi connectivity index (χ2n) is 6.27. The first-order valence-electron chi connectivity index (χ1n) is 8.48. The summed E-state index contributed by atoms with van der Waals surface area (Å²) in [6.07, 6.45) is -1.65. The van der Waals surface area contributed by atoms with Crippen molar-refractivity contribution in [2.75, 3.05) is 7.11 Å². The van der Waals surface area contributed by atoms with Crippen LogP contribution in [0.4, 0.5) is 0 Å². The third-order valence-corrected chi connectivity index (χ3v) is 4.75. The predicted octanol–water partition coefficient (Wildman–Crippen LogP) is 4.42. The molecule has 2 atom stereocenters. The molecule has 0 N–H and O–H groups in total. The van der Waals surface area contributed by atoms with Crippen LogP contribution in [0.2, 0.25) is 0 Å². The van der Waals surface area contributed by atoms with Crippen molar-refractivity contribution in [3.63, 3.8) is 0 Å². The monoisotopic (exact) mass is 356 g/mol. The van der Waals surface area contributed by atoms with Gasteiger partial charge in [-0.1, -0.05) is 54.6 Å². The molecule has 0 aromatic heterocycles. The van der Waals surface area contributed by atoms with Crippen molar-refractivity contribution in [2.45, 2.75) is 18.0 Å². The van der Waals surface area contributed by atoms with E-state index < -0.39 is 18.0 Å². The topological polar surface area (TPSA) is 75.3 Å². The molecule has 0 amide bonds. The molecular weight excluding hydrogens is 340 g/mol. The minimum Gasteiger partial charge on any atom is -0.497 e. The lowest BCUT2D eigenvalue weighted by Gasteiger charge is -2.19. The van der Waals surface area contributed by atoms with Crippen LogP contribution in [0.1, 0.15) is 23.5 Å². The Kier molecular flexibility index (Phi) is 4.25. The quantitative estimate of drug-likeness (QED) is 0.694. The number of hydrogen-bond acceptors (Lipinski definition) is 5. The molecule has 3 aromatic rings. The van der Waals surface area contributed by atoms with Crippen molar-refractivity contribution in [1.29, 1.82) is 10.5 Å². The number of rotatable bonds is 3. The van der Waals surface area contributed by atoms with Crippen LogP contribution in [0.15, 0.2) is 66.7 Å². The van der Waals surface area contributed by atoms with Gasteiger partial charge in [-0.3, -0.25) is 0 Å². The maximum atomic E-state index is 9.77. The first kappa shape index (κ1) is 17.1. The smallest absolute Gasteiger partial charge is 0.274 e. The molecule has 0 unspecified atom stereocenters. The Balaban J connectivity index is 1.79. The molecule has 0 aliphatic carbocycles. The molecule has 0 spiro atoms. The summed E-state index contributed by atoms with van der Waals surface area (Å²) < 4.78 is 17.1. The Morgan fingerprint density at radius 3 is 2.33 bits per heavy atom. The standard InChI is InChI=1S/C22H16N2O3/c1-25-17-11-9-16(10-12-17)21-26-20(22(13-23,14-24)27-21)19-8-4-6-15-5-2-3-7-18(15)19/h2-12,20-21H,1H3/t20-,21-/m0/s1. The fourth-order valence-corrected chi connectivity index (χ4v) is 3.35. The zero-order chi connectivity index (χ0) is 18.9. The summed E-state index contributed by atoms with van der Waals surface area (Å²) in [5.74, 6) is 0.703. The third kappa shape index (κ3) is 2.80. The SMILES string of the molecule is COc1ccc([C@H]2O[C@@H](c3cccc4ccccc34)C(C#N)(C#N)O2)cc1. The molecule has 1 saturated heterocycles. The first-order chi connectivity index (χ1) is 13.2. The van der Waals surface area contributed by atoms with E-state index in [2.05, 4.69) is 0 Å². The van der Waals surface area contributed by atoms with E-state index in [-0.39, 0.29) is 0 Å². The van der Waals surface area contributed by atoms with Crippen LogP contribution < -0.4 is 4.74 Å². The average molecular weight is 356 g/mol. The molecule has 5 heteroatoms. The molecule has 0 bridgehead atoms. The number of hydrogen-bond donors (Lipinski definition) is 0. The van der Waals surface area contributed by atoms with Gasteiger partial charge in [-0.05, 0) is 28.5 Å². The van der Waals surface area contributed by atoms with Gasteiger partial charge < -0.3 is 14.2 Å². The zero-order valence-electron chi connectivity index (χ0n) is 14.6. The Morgan fingerprint density at radius 1 is 0.926 bits per heavy atom. The van der Waals surface area contributed by atoms with Crippen molar-refractivity contribution in [1.82, 2.24) is 0 Å². The summed E-state index contributed by atoms with van der Waals surface area (Å²) in [5, 5.41) is 21.5. The van der Waals surface area contributed by atoms with Crippen molar-refractivity contribution >= 4 is 10.8 Å². The molecule has 132 valence electrons. The van der Waals surface area contributed by atoms with E-state index in [0.29, 0.717) is 11.3 Å². The average Bonchev–Trinajstić information content (AvgIpc) is 3.13. The maximum absolute atomic E-state index is 9.77. The Labute approximate surface area is 156 Å². The maximum Gasteiger partial charge on any atom is 0.274 e. The molecule has 0 saturated carbocycles. The number of ether oxygens (including phenoxy) is 3. The molecule has 0 radical (unpaired) electrons. The van der Waals surface area contributed by atoms with Gasteiger partial charge in [0.15, 0.2) is 6.29 Å². The lowest BCUT2D eigenvalue weighted by molar-refractivity contribution is -0.0717. The van der Waals surface area contributed by atoms with Crippen molar-refractivity contribution in [3.05, 3.63) is 77.9 Å². The third-order valence-electron chi connectivity index (χ3n) is 4.75. The molecule has 27 heavy (non-hydrogen) atoms. The van der Waals surface area contributed by atoms with Crippen LogP contribution in [0.25, 0.3) is 10.8 Å². The van der Waals surface area contributed by atoms with Crippen molar-refractivity contribution in [2.24, 2.45) is 0 Å². The summed E-state index contributed by atoms with van der Waals surface area (Å²) in [5.41, 5.74) is -0.255. The van der Waals surface area contributed by atoms with Gasteiger partial charge in [0.25, 0.3) is 5.60 Å². The molecule has 1 aliphatic rings. The second kappa shape index (κ2) is 6.74. The van der Waals surface area contributed by atoms with Crippen LogP contribution in [0.3, 0.4) is 0 Å². The van der Waals surface area contributed by atoms with Crippen LogP contribution >= 0.6 is 0 Å². The molecule has 1 heterocycles. The van der Waals surface area contributed by atoms with E-state index in [1.54, 1.807) is 31.4 Å². The van der Waals surface area contributed by atoms with Crippen molar-refractivity contribution in [3.8, 4) is 17.9 Å². The summed E-state index contributed by atoms with van der Waals surface area (Å²) in [6.45, 7) is 0. The van der Waals surface area contributed by atoms with Crippen LogP contribution in [-0.4, -0.2) is 12.7 Å². The van der Waals surface area contributed by atoms with Gasteiger partial charge >= 0.3 is 0 Å². The highest BCUT2D eigenvalue weighted by Gasteiger charge is 2.53. The summed E-state index contributed by atoms with van der Waals surface area (Å²) in [6, 6.07) is 24.8. The fraction of sp³-hybridized carbons (Fsp3) is 0.182. The summed E-state index contributed by atoms with van der Waals surface area (Å²) in [4.78, 5) is 0. The van der Waals surface area contributed by atoms with E-state index >= 15 is 0 Å². The number of nitrogens with zero attached hydrogens (tertiary/aromatic N) is 2. The molecule has 1 aliphatic heterocycles. The Morgan fingerprint density at radius 2 is 1.63 bits per heavy atom. The number of nitriles is 2. The lowest BCUT2D eigenvalue weighted by Crippen LogP contribution is -2.30. The predicted molar refractivity (Wildman–Crippen MR) is 98.6 cm³/mol. The van der Waals surface area contributed by atoms with Crippen LogP contribution in [-0.2, 0) is 9.47 Å². The van der Waals surface area contributed by atoms with Gasteiger partial charge in [0.1, 0.15) is 24.0 Å². The lowest BCUT2D eigenvalue weighted by atomic mass is 9.90. The van der Waals surface area contributed by atoms with Gasteiger partial charge in [-0.25, -0.2) is 0 Å². The van der Waals surface area contributed by atoms with E-state index in [9.17, 15) is 10.5 Å². The first-order valence-corrected chi connectivity index (χ1v) is 8.48. The highest BCUT2D eigenvalue weighted by Crippen LogP contribution is 2.48. The number of benzene rings is 3. The van der Waals surface area contributed by atoms with E-state index in [0.717, 1.165) is 16.3 Å². The fourth-order valence-electron chi connectivity index (χ4n) is 3.35. The summed E-state index contributed by atoms with van der Waals surface area (Å²) in [7, 11) is 1.59. The molecule has 5 nitrogen and oxygen atoms in total. The second-order valence-corrected chi connectivity index (χ2v) is 6.27. The van der Waals surface area contributed by atoms with Crippen molar-refractivity contribution < 1.29 is 14.2 Å². The van der Waals surface area contributed by atoms with E-state index in [1.165, 1.54) is 0 Å². The van der Waals surface area contributed by atoms with Gasteiger partial charge in [0.05, 0.1) is 7.11 Å². The van der Waals surface area contributed by atoms with Crippen LogP contribution in [0, 0.1) is 22.7 Å². The normalized spacial score (nSPS) is 20.7. The summed E-state index contributed by atoms with van der Waals surface area (Å²) >= 11 is 0. The highest BCUT2D eigenvalue weighted by atomic mass is 16.7. The van der Waals surface area contributed by atoms with Gasteiger partial charge in [0, 0.05) is 5.56 Å². The minimum absolute atomic E-state index is 0.703. The Hall–Kier alpha value is -3.38. The van der Waals surface area contributed by atoms with Gasteiger partial charge in [-0.15, -0.1) is 0 Å². The number of fused-ring (bicyclic) bond motifs is 1. The Bertz CT molecular complexity index is 1040. The molecular formula is C22H16N2O3. The minimum atomic E-state index is -1.73.